The minimum atomic E-state index is -0.661. The highest BCUT2D eigenvalue weighted by atomic mass is 16.5. The first kappa shape index (κ1) is 12.4. The van der Waals surface area contributed by atoms with Gasteiger partial charge in [0.25, 0.3) is 0 Å². The lowest BCUT2D eigenvalue weighted by molar-refractivity contribution is 0.0587. The van der Waals surface area contributed by atoms with E-state index < -0.39 is 5.97 Å². The molecule has 0 aliphatic heterocycles. The third kappa shape index (κ3) is 1.61. The first-order chi connectivity index (χ1) is 9.50. The zero-order valence-electron chi connectivity index (χ0n) is 11.1. The number of hydrogen-bond acceptors (Lipinski definition) is 6. The second-order valence-electron chi connectivity index (χ2n) is 5.20. The van der Waals surface area contributed by atoms with E-state index in [1.54, 1.807) is 0 Å². The van der Waals surface area contributed by atoms with E-state index in [4.69, 9.17) is 5.73 Å². The Labute approximate surface area is 114 Å². The average Bonchev–Trinajstić information content (AvgIpc) is 3.04. The number of nitriles is 1. The Balaban J connectivity index is 2.31. The van der Waals surface area contributed by atoms with Crippen molar-refractivity contribution in [2.45, 2.75) is 25.2 Å². The molecule has 0 aromatic carbocycles. The van der Waals surface area contributed by atoms with E-state index in [0.717, 1.165) is 18.4 Å². The molecular formula is C13H13N5O2. The van der Waals surface area contributed by atoms with Crippen molar-refractivity contribution < 1.29 is 9.53 Å². The van der Waals surface area contributed by atoms with Gasteiger partial charge in [0.1, 0.15) is 23.2 Å². The van der Waals surface area contributed by atoms with Crippen LogP contribution in [0.15, 0.2) is 0 Å². The Morgan fingerprint density at radius 3 is 2.75 bits per heavy atom. The summed E-state index contributed by atoms with van der Waals surface area (Å²) in [5.41, 5.74) is 7.58. The van der Waals surface area contributed by atoms with Crippen LogP contribution in [0.1, 0.15) is 41.6 Å². The van der Waals surface area contributed by atoms with Gasteiger partial charge in [0.15, 0.2) is 0 Å². The number of aromatic nitrogens is 3. The highest BCUT2D eigenvalue weighted by Crippen LogP contribution is 2.51. The lowest BCUT2D eigenvalue weighted by Crippen LogP contribution is -2.10. The predicted molar refractivity (Wildman–Crippen MR) is 70.9 cm³/mol. The molecule has 0 saturated heterocycles. The van der Waals surface area contributed by atoms with Crippen LogP contribution >= 0.6 is 0 Å². The number of nitrogens with one attached hydrogen (secondary N) is 1. The summed E-state index contributed by atoms with van der Waals surface area (Å²) < 4.78 is 4.58. The number of nitrogens with two attached hydrogens (primary N) is 1. The van der Waals surface area contributed by atoms with E-state index in [-0.39, 0.29) is 17.1 Å². The number of H-pyrrole nitrogens is 1. The molecule has 1 saturated carbocycles. The molecule has 20 heavy (non-hydrogen) atoms. The Bertz CT molecular complexity index is 767. The number of ether oxygens (including phenoxy) is 1. The van der Waals surface area contributed by atoms with Gasteiger partial charge in [-0.3, -0.25) is 0 Å². The van der Waals surface area contributed by atoms with Crippen LogP contribution in [0.25, 0.3) is 11.0 Å². The summed E-state index contributed by atoms with van der Waals surface area (Å²) in [6.07, 6.45) is 1.99. The normalized spacial score (nSPS) is 15.8. The molecule has 3 N–H and O–H groups in total. The van der Waals surface area contributed by atoms with Crippen LogP contribution in [0.5, 0.6) is 0 Å². The fraction of sp³-hybridized carbons (Fsp3) is 0.385. The Morgan fingerprint density at radius 2 is 2.20 bits per heavy atom. The van der Waals surface area contributed by atoms with Crippen molar-refractivity contribution in [3.8, 4) is 6.07 Å². The van der Waals surface area contributed by atoms with E-state index in [9.17, 15) is 10.1 Å². The van der Waals surface area contributed by atoms with Gasteiger partial charge in [-0.25, -0.2) is 14.8 Å². The molecule has 7 heteroatoms. The van der Waals surface area contributed by atoms with Crippen LogP contribution in [-0.4, -0.2) is 28.0 Å². The molecule has 0 bridgehead atoms. The molecule has 2 heterocycles. The van der Waals surface area contributed by atoms with Gasteiger partial charge in [-0.15, -0.1) is 0 Å². The Kier molecular flexibility index (Phi) is 2.44. The first-order valence-electron chi connectivity index (χ1n) is 6.18. The molecule has 1 fully saturated rings. The fourth-order valence-corrected chi connectivity index (χ4v) is 2.43. The van der Waals surface area contributed by atoms with Crippen LogP contribution in [-0.2, 0) is 10.2 Å². The van der Waals surface area contributed by atoms with Gasteiger partial charge in [-0.2, -0.15) is 5.26 Å². The van der Waals surface area contributed by atoms with Gasteiger partial charge in [0, 0.05) is 5.56 Å². The summed E-state index contributed by atoms with van der Waals surface area (Å²) in [7, 11) is 1.25. The third-order valence-corrected chi connectivity index (χ3v) is 3.76. The van der Waals surface area contributed by atoms with Crippen LogP contribution in [0.3, 0.4) is 0 Å². The van der Waals surface area contributed by atoms with E-state index in [1.165, 1.54) is 7.11 Å². The zero-order valence-corrected chi connectivity index (χ0v) is 11.1. The maximum Gasteiger partial charge on any atom is 0.376 e. The smallest absolute Gasteiger partial charge is 0.376 e. The molecule has 0 atom stereocenters. The van der Waals surface area contributed by atoms with Crippen molar-refractivity contribution in [1.29, 1.82) is 5.26 Å². The largest absolute Gasteiger partial charge is 0.463 e. The molecule has 1 aliphatic rings. The molecule has 2 aromatic heterocycles. The van der Waals surface area contributed by atoms with Gasteiger partial charge < -0.3 is 15.5 Å². The van der Waals surface area contributed by atoms with Crippen LogP contribution < -0.4 is 5.73 Å². The lowest BCUT2D eigenvalue weighted by Gasteiger charge is -2.08. The van der Waals surface area contributed by atoms with Crippen molar-refractivity contribution in [2.75, 3.05) is 12.8 Å². The van der Waals surface area contributed by atoms with Crippen molar-refractivity contribution in [3.05, 3.63) is 17.1 Å². The van der Waals surface area contributed by atoms with E-state index in [1.807, 2.05) is 0 Å². The van der Waals surface area contributed by atoms with Crippen LogP contribution in [0.2, 0.25) is 0 Å². The molecule has 0 amide bonds. The van der Waals surface area contributed by atoms with Gasteiger partial charge in [-0.1, -0.05) is 6.92 Å². The zero-order chi connectivity index (χ0) is 14.5. The van der Waals surface area contributed by atoms with Crippen molar-refractivity contribution in [1.82, 2.24) is 15.0 Å². The average molecular weight is 271 g/mol. The summed E-state index contributed by atoms with van der Waals surface area (Å²) in [6, 6.07) is 2.13. The minimum absolute atomic E-state index is 0.0619. The number of nitrogen functional groups attached to an aromatic ring is 1. The minimum Gasteiger partial charge on any atom is -0.463 e. The van der Waals surface area contributed by atoms with Gasteiger partial charge in [0.2, 0.25) is 5.82 Å². The topological polar surface area (TPSA) is 118 Å². The van der Waals surface area contributed by atoms with E-state index in [0.29, 0.717) is 16.7 Å². The number of carbonyl (C=O) groups is 1. The number of aromatic amines is 1. The number of anilines is 1. The Morgan fingerprint density at radius 1 is 1.50 bits per heavy atom. The van der Waals surface area contributed by atoms with E-state index >= 15 is 0 Å². The number of fused-ring (bicyclic) bond motifs is 1. The summed E-state index contributed by atoms with van der Waals surface area (Å²) in [5, 5.41) is 9.90. The van der Waals surface area contributed by atoms with Crippen LogP contribution in [0.4, 0.5) is 5.82 Å². The second kappa shape index (κ2) is 3.93. The molecule has 3 rings (SSSR count). The van der Waals surface area contributed by atoms with E-state index in [2.05, 4.69) is 32.7 Å². The quantitative estimate of drug-likeness (QED) is 0.793. The molecule has 2 aromatic rings. The van der Waals surface area contributed by atoms with Crippen LogP contribution in [0, 0.1) is 11.3 Å². The number of nitrogens with zero attached hydrogens (tertiary/aromatic N) is 3. The van der Waals surface area contributed by atoms with Gasteiger partial charge >= 0.3 is 5.97 Å². The standard InChI is InChI=1S/C13H13N5O2/c1-13(3-4-13)8-6(5-14)16-10-7(8)9(15)17-11(18-10)12(19)20-2/h3-4H2,1-2H3,(H3,15,16,17,18). The number of hydrogen-bond donors (Lipinski definition) is 2. The fourth-order valence-electron chi connectivity index (χ4n) is 2.43. The highest BCUT2D eigenvalue weighted by Gasteiger charge is 2.44. The predicted octanol–water partition coefficient (Wildman–Crippen LogP) is 1.25. The maximum absolute atomic E-state index is 11.5. The second-order valence-corrected chi connectivity index (χ2v) is 5.20. The number of carbonyl (C=O) groups excluding carboxylic acids is 1. The summed E-state index contributed by atoms with van der Waals surface area (Å²) in [5.74, 6) is -0.585. The number of methoxy groups -OCH3 is 1. The maximum atomic E-state index is 11.5. The number of esters is 1. The molecule has 1 aliphatic carbocycles. The summed E-state index contributed by atoms with van der Waals surface area (Å²) in [6.45, 7) is 2.07. The molecule has 102 valence electrons. The van der Waals surface area contributed by atoms with Gasteiger partial charge in [0.05, 0.1) is 12.5 Å². The van der Waals surface area contributed by atoms with Crippen molar-refractivity contribution in [3.63, 3.8) is 0 Å². The molecule has 7 nitrogen and oxygen atoms in total. The Hall–Kier alpha value is -2.62. The highest BCUT2D eigenvalue weighted by molar-refractivity contribution is 5.96. The molecule has 0 unspecified atom stereocenters. The SMILES string of the molecule is COC(=O)c1nc(N)c2c(C3(C)CC3)c(C#N)[nH]c2n1. The summed E-state index contributed by atoms with van der Waals surface area (Å²) in [4.78, 5) is 22.5. The lowest BCUT2D eigenvalue weighted by atomic mass is 9.96. The number of rotatable bonds is 2. The molecular weight excluding hydrogens is 258 g/mol. The van der Waals surface area contributed by atoms with Crippen molar-refractivity contribution >= 4 is 22.8 Å². The first-order valence-corrected chi connectivity index (χ1v) is 6.18. The molecule has 0 spiro atoms. The molecule has 0 radical (unpaired) electrons. The summed E-state index contributed by atoms with van der Waals surface area (Å²) >= 11 is 0. The van der Waals surface area contributed by atoms with Gasteiger partial charge in [-0.05, 0) is 18.3 Å². The van der Waals surface area contributed by atoms with Crippen molar-refractivity contribution in [2.24, 2.45) is 0 Å². The monoisotopic (exact) mass is 271 g/mol. The third-order valence-electron chi connectivity index (χ3n) is 3.76.